The number of hydrogen-bond donors (Lipinski definition) is 0. The minimum atomic E-state index is 0.453. The molecule has 0 aliphatic rings. The van der Waals surface area contributed by atoms with Crippen molar-refractivity contribution >= 4 is 27.1 Å². The van der Waals surface area contributed by atoms with E-state index in [9.17, 15) is 0 Å². The molecule has 1 unspecified atom stereocenters. The van der Waals surface area contributed by atoms with Crippen LogP contribution in [0.4, 0.5) is 0 Å². The zero-order chi connectivity index (χ0) is 11.5. The third kappa shape index (κ3) is 2.55. The lowest BCUT2D eigenvalue weighted by molar-refractivity contribution is 0.608. The number of fused-ring (bicyclic) bond motifs is 1. The Balaban J connectivity index is 2.26. The number of rotatable bonds is 3. The van der Waals surface area contributed by atoms with Crippen molar-refractivity contribution in [1.29, 1.82) is 0 Å². The summed E-state index contributed by atoms with van der Waals surface area (Å²) in [6.07, 6.45) is 4.28. The molecule has 2 heterocycles. The van der Waals surface area contributed by atoms with Crippen molar-refractivity contribution in [3.63, 3.8) is 0 Å². The van der Waals surface area contributed by atoms with Gasteiger partial charge in [-0.2, -0.15) is 0 Å². The molecule has 1 atom stereocenters. The maximum absolute atomic E-state index is 4.49. The van der Waals surface area contributed by atoms with Gasteiger partial charge >= 0.3 is 0 Å². The number of nitrogens with zero attached hydrogens (tertiary/aromatic N) is 3. The molecule has 4 heteroatoms. The molecule has 2 rings (SSSR count). The number of halogens is 1. The predicted octanol–water partition coefficient (Wildman–Crippen LogP) is 2.99. The summed E-state index contributed by atoms with van der Waals surface area (Å²) in [6.45, 7) is 4.39. The standard InChI is InChI=1S/C12H14BrN3/c1-8(2)10(13)7-9-3-4-11-12(16-9)15-6-5-14-11/h3-6,8,10H,7H2,1-2H3. The zero-order valence-corrected chi connectivity index (χ0v) is 11.0. The Morgan fingerprint density at radius 2 is 1.94 bits per heavy atom. The molecule has 0 aromatic carbocycles. The molecule has 0 fully saturated rings. The average molecular weight is 280 g/mol. The molecule has 0 aliphatic carbocycles. The normalized spacial score (nSPS) is 13.2. The van der Waals surface area contributed by atoms with Gasteiger partial charge in [0.15, 0.2) is 5.65 Å². The van der Waals surface area contributed by atoms with E-state index >= 15 is 0 Å². The van der Waals surface area contributed by atoms with Crippen molar-refractivity contribution < 1.29 is 0 Å². The van der Waals surface area contributed by atoms with E-state index in [1.54, 1.807) is 12.4 Å². The van der Waals surface area contributed by atoms with Gasteiger partial charge in [-0.05, 0) is 18.1 Å². The molecule has 2 aromatic heterocycles. The van der Waals surface area contributed by atoms with Crippen LogP contribution in [0, 0.1) is 5.92 Å². The van der Waals surface area contributed by atoms with Gasteiger partial charge < -0.3 is 0 Å². The molecule has 0 radical (unpaired) electrons. The maximum atomic E-state index is 4.49. The van der Waals surface area contributed by atoms with Gasteiger partial charge in [-0.3, -0.25) is 4.98 Å². The van der Waals surface area contributed by atoms with E-state index < -0.39 is 0 Å². The summed E-state index contributed by atoms with van der Waals surface area (Å²) in [5, 5.41) is 0. The van der Waals surface area contributed by atoms with E-state index in [1.165, 1.54) is 0 Å². The van der Waals surface area contributed by atoms with Crippen LogP contribution in [-0.2, 0) is 6.42 Å². The molecule has 0 bridgehead atoms. The molecule has 0 spiro atoms. The molecule has 3 nitrogen and oxygen atoms in total. The largest absolute Gasteiger partial charge is 0.251 e. The average Bonchev–Trinajstić information content (AvgIpc) is 2.28. The van der Waals surface area contributed by atoms with Crippen molar-refractivity contribution in [2.75, 3.05) is 0 Å². The number of alkyl halides is 1. The third-order valence-corrected chi connectivity index (χ3v) is 3.90. The molecular weight excluding hydrogens is 266 g/mol. The van der Waals surface area contributed by atoms with Gasteiger partial charge in [-0.15, -0.1) is 0 Å². The highest BCUT2D eigenvalue weighted by Gasteiger charge is 2.11. The van der Waals surface area contributed by atoms with Gasteiger partial charge in [-0.1, -0.05) is 29.8 Å². The predicted molar refractivity (Wildman–Crippen MR) is 68.6 cm³/mol. The van der Waals surface area contributed by atoms with E-state index in [4.69, 9.17) is 0 Å². The van der Waals surface area contributed by atoms with E-state index in [2.05, 4.69) is 44.7 Å². The van der Waals surface area contributed by atoms with Crippen molar-refractivity contribution in [3.8, 4) is 0 Å². The summed E-state index contributed by atoms with van der Waals surface area (Å²) in [4.78, 5) is 13.4. The fourth-order valence-corrected chi connectivity index (χ4v) is 1.77. The summed E-state index contributed by atoms with van der Waals surface area (Å²) in [6, 6.07) is 4.00. The van der Waals surface area contributed by atoms with Crippen molar-refractivity contribution in [2.45, 2.75) is 25.1 Å². The van der Waals surface area contributed by atoms with Crippen molar-refractivity contribution in [2.24, 2.45) is 5.92 Å². The lowest BCUT2D eigenvalue weighted by atomic mass is 10.1. The van der Waals surface area contributed by atoms with Gasteiger partial charge in [-0.25, -0.2) is 9.97 Å². The highest BCUT2D eigenvalue weighted by atomic mass is 79.9. The topological polar surface area (TPSA) is 38.7 Å². The molecule has 0 amide bonds. The van der Waals surface area contributed by atoms with Gasteiger partial charge in [0.1, 0.15) is 5.52 Å². The first-order chi connectivity index (χ1) is 7.66. The Kier molecular flexibility index (Phi) is 3.49. The lowest BCUT2D eigenvalue weighted by Crippen LogP contribution is -2.11. The van der Waals surface area contributed by atoms with E-state index in [0.717, 1.165) is 23.3 Å². The summed E-state index contributed by atoms with van der Waals surface area (Å²) in [5.41, 5.74) is 2.63. The van der Waals surface area contributed by atoms with Gasteiger partial charge in [0, 0.05) is 29.3 Å². The number of aromatic nitrogens is 3. The highest BCUT2D eigenvalue weighted by molar-refractivity contribution is 9.09. The lowest BCUT2D eigenvalue weighted by Gasteiger charge is -2.12. The molecule has 84 valence electrons. The minimum Gasteiger partial charge on any atom is -0.251 e. The van der Waals surface area contributed by atoms with Crippen LogP contribution < -0.4 is 0 Å². The van der Waals surface area contributed by atoms with E-state index in [-0.39, 0.29) is 0 Å². The smallest absolute Gasteiger partial charge is 0.178 e. The van der Waals surface area contributed by atoms with Crippen LogP contribution in [0.5, 0.6) is 0 Å². The van der Waals surface area contributed by atoms with Gasteiger partial charge in [0.05, 0.1) is 0 Å². The molecular formula is C12H14BrN3. The Morgan fingerprint density at radius 1 is 1.19 bits per heavy atom. The highest BCUT2D eigenvalue weighted by Crippen LogP contribution is 2.17. The first kappa shape index (κ1) is 11.5. The molecule has 0 aliphatic heterocycles. The fraction of sp³-hybridized carbons (Fsp3) is 0.417. The number of pyridine rings is 1. The van der Waals surface area contributed by atoms with Gasteiger partial charge in [0.2, 0.25) is 0 Å². The minimum absolute atomic E-state index is 0.453. The first-order valence-electron chi connectivity index (χ1n) is 5.37. The van der Waals surface area contributed by atoms with E-state index in [0.29, 0.717) is 10.7 Å². The summed E-state index contributed by atoms with van der Waals surface area (Å²) >= 11 is 3.67. The maximum Gasteiger partial charge on any atom is 0.178 e. The Labute approximate surface area is 103 Å². The first-order valence-corrected chi connectivity index (χ1v) is 6.29. The van der Waals surface area contributed by atoms with Crippen LogP contribution in [0.1, 0.15) is 19.5 Å². The Hall–Kier alpha value is -1.03. The van der Waals surface area contributed by atoms with Crippen LogP contribution >= 0.6 is 15.9 Å². The molecule has 2 aromatic rings. The second kappa shape index (κ2) is 4.87. The summed E-state index contributed by atoms with van der Waals surface area (Å²) in [7, 11) is 0. The second-order valence-electron chi connectivity index (χ2n) is 4.17. The van der Waals surface area contributed by atoms with Gasteiger partial charge in [0.25, 0.3) is 0 Å². The Bertz CT molecular complexity index is 484. The van der Waals surface area contributed by atoms with Crippen LogP contribution in [0.2, 0.25) is 0 Å². The van der Waals surface area contributed by atoms with Crippen LogP contribution in [0.15, 0.2) is 24.5 Å². The SMILES string of the molecule is CC(C)C(Br)Cc1ccc2nccnc2n1. The van der Waals surface area contributed by atoms with E-state index in [1.807, 2.05) is 12.1 Å². The Morgan fingerprint density at radius 3 is 2.69 bits per heavy atom. The zero-order valence-electron chi connectivity index (χ0n) is 9.39. The third-order valence-electron chi connectivity index (χ3n) is 2.52. The van der Waals surface area contributed by atoms with Crippen LogP contribution in [0.25, 0.3) is 11.2 Å². The van der Waals surface area contributed by atoms with Crippen molar-refractivity contribution in [3.05, 3.63) is 30.2 Å². The summed E-state index contributed by atoms with van der Waals surface area (Å²) in [5.74, 6) is 0.597. The molecule has 0 N–H and O–H groups in total. The quantitative estimate of drug-likeness (QED) is 0.811. The fourth-order valence-electron chi connectivity index (χ4n) is 1.44. The monoisotopic (exact) mass is 279 g/mol. The van der Waals surface area contributed by atoms with Crippen molar-refractivity contribution in [1.82, 2.24) is 15.0 Å². The molecule has 16 heavy (non-hydrogen) atoms. The molecule has 0 saturated carbocycles. The second-order valence-corrected chi connectivity index (χ2v) is 5.34. The molecule has 0 saturated heterocycles. The van der Waals surface area contributed by atoms with Crippen LogP contribution in [-0.4, -0.2) is 19.8 Å². The number of hydrogen-bond acceptors (Lipinski definition) is 3. The summed E-state index contributed by atoms with van der Waals surface area (Å²) < 4.78 is 0. The van der Waals surface area contributed by atoms with Crippen LogP contribution in [0.3, 0.4) is 0 Å².